The zero-order chi connectivity index (χ0) is 15.5. The highest BCUT2D eigenvalue weighted by molar-refractivity contribution is 7.91. The molecule has 7 nitrogen and oxygen atoms in total. The van der Waals surface area contributed by atoms with Crippen molar-refractivity contribution in [1.82, 2.24) is 14.6 Å². The predicted octanol–water partition coefficient (Wildman–Crippen LogP) is 0.692. The van der Waals surface area contributed by atoms with Gasteiger partial charge >= 0.3 is 5.97 Å². The summed E-state index contributed by atoms with van der Waals surface area (Å²) in [6.07, 6.45) is 2.30. The quantitative estimate of drug-likeness (QED) is 0.771. The second-order valence-corrected chi connectivity index (χ2v) is 7.74. The largest absolute Gasteiger partial charge is 0.464 e. The molecule has 2 rings (SSSR count). The molecule has 0 spiro atoms. The Labute approximate surface area is 128 Å². The smallest absolute Gasteiger partial charge is 0.358 e. The van der Waals surface area contributed by atoms with Crippen molar-refractivity contribution in [3.05, 3.63) is 11.2 Å². The lowest BCUT2D eigenvalue weighted by Gasteiger charge is -2.23. The number of nitrogens with one attached hydrogen (secondary N) is 1. The molecule has 1 unspecified atom stereocenters. The molecule has 0 aromatic carbocycles. The summed E-state index contributed by atoms with van der Waals surface area (Å²) < 4.78 is 31.6. The third-order valence-corrected chi connectivity index (χ3v) is 6.28. The van der Waals surface area contributed by atoms with Crippen LogP contribution in [0, 0.1) is 0 Å². The van der Waals surface area contributed by atoms with Gasteiger partial charge in [0.15, 0.2) is 9.90 Å². The van der Waals surface area contributed by atoms with E-state index in [0.717, 1.165) is 37.3 Å². The van der Waals surface area contributed by atoms with Crippen molar-refractivity contribution in [3.63, 3.8) is 0 Å². The molecule has 1 aliphatic heterocycles. The molecule has 1 aliphatic rings. The molecule has 21 heavy (non-hydrogen) atoms. The van der Waals surface area contributed by atoms with E-state index < -0.39 is 16.0 Å². The Morgan fingerprint density at radius 2 is 2.19 bits per heavy atom. The van der Waals surface area contributed by atoms with Gasteiger partial charge in [0.2, 0.25) is 0 Å². The van der Waals surface area contributed by atoms with Crippen molar-refractivity contribution in [2.45, 2.75) is 30.0 Å². The van der Waals surface area contributed by atoms with Crippen LogP contribution in [0.15, 0.2) is 9.72 Å². The summed E-state index contributed by atoms with van der Waals surface area (Å²) in [6.45, 7) is 4.29. The third kappa shape index (κ3) is 3.79. The SMILES string of the molecule is COC(=O)c1ncsc1S(=O)(=O)NCC(C)N1CCCC1. The van der Waals surface area contributed by atoms with E-state index in [-0.39, 0.29) is 15.9 Å². The van der Waals surface area contributed by atoms with E-state index in [9.17, 15) is 13.2 Å². The molecule has 9 heteroatoms. The van der Waals surface area contributed by atoms with Crippen LogP contribution < -0.4 is 4.72 Å². The zero-order valence-corrected chi connectivity index (χ0v) is 13.7. The van der Waals surface area contributed by atoms with E-state index in [2.05, 4.69) is 19.3 Å². The molecule has 1 atom stereocenters. The molecule has 118 valence electrons. The van der Waals surface area contributed by atoms with Gasteiger partial charge in [0.05, 0.1) is 12.6 Å². The van der Waals surface area contributed by atoms with Crippen LogP contribution in [0.2, 0.25) is 0 Å². The minimum absolute atomic E-state index is 0.0945. The lowest BCUT2D eigenvalue weighted by atomic mass is 10.3. The molecule has 0 amide bonds. The maximum absolute atomic E-state index is 12.3. The lowest BCUT2D eigenvalue weighted by Crippen LogP contribution is -2.40. The number of likely N-dealkylation sites (tertiary alicyclic amines) is 1. The molecule has 0 bridgehead atoms. The first-order chi connectivity index (χ1) is 9.95. The molecule has 1 saturated heterocycles. The molecular weight excluding hydrogens is 314 g/mol. The Hall–Kier alpha value is -1.03. The third-order valence-electron chi connectivity index (χ3n) is 3.49. The predicted molar refractivity (Wildman–Crippen MR) is 78.9 cm³/mol. The summed E-state index contributed by atoms with van der Waals surface area (Å²) in [7, 11) is -2.55. The van der Waals surface area contributed by atoms with Crippen LogP contribution in [0.4, 0.5) is 0 Å². The molecule has 1 N–H and O–H groups in total. The summed E-state index contributed by atoms with van der Waals surface area (Å²) in [5, 5.41) is 0. The van der Waals surface area contributed by atoms with Gasteiger partial charge in [-0.15, -0.1) is 11.3 Å². The Morgan fingerprint density at radius 1 is 1.52 bits per heavy atom. The van der Waals surface area contributed by atoms with E-state index in [1.807, 2.05) is 6.92 Å². The van der Waals surface area contributed by atoms with Crippen molar-refractivity contribution >= 4 is 27.3 Å². The number of methoxy groups -OCH3 is 1. The number of hydrogen-bond acceptors (Lipinski definition) is 7. The number of rotatable bonds is 6. The molecule has 2 heterocycles. The number of thiazole rings is 1. The second-order valence-electron chi connectivity index (χ2n) is 4.92. The minimum atomic E-state index is -3.75. The van der Waals surface area contributed by atoms with Crippen LogP contribution in [0.25, 0.3) is 0 Å². The van der Waals surface area contributed by atoms with Crippen LogP contribution in [-0.4, -0.2) is 57.1 Å². The lowest BCUT2D eigenvalue weighted by molar-refractivity contribution is 0.0590. The molecular formula is C12H19N3O4S2. The zero-order valence-electron chi connectivity index (χ0n) is 12.0. The molecule has 0 aliphatic carbocycles. The van der Waals surface area contributed by atoms with Crippen LogP contribution in [0.3, 0.4) is 0 Å². The van der Waals surface area contributed by atoms with Gasteiger partial charge in [0, 0.05) is 12.6 Å². The Morgan fingerprint density at radius 3 is 2.81 bits per heavy atom. The van der Waals surface area contributed by atoms with Gasteiger partial charge in [-0.05, 0) is 32.9 Å². The maximum Gasteiger partial charge on any atom is 0.358 e. The standard InChI is InChI=1S/C12H19N3O4S2/c1-9(15-5-3-4-6-15)7-14-21(17,18)12-10(11(16)19-2)13-8-20-12/h8-9,14H,3-7H2,1-2H3. The highest BCUT2D eigenvalue weighted by Crippen LogP contribution is 2.20. The first-order valence-corrected chi connectivity index (χ1v) is 9.07. The Bertz CT molecular complexity index is 593. The summed E-state index contributed by atoms with van der Waals surface area (Å²) in [6, 6.07) is 0.122. The molecule has 0 saturated carbocycles. The van der Waals surface area contributed by atoms with E-state index in [4.69, 9.17) is 0 Å². The van der Waals surface area contributed by atoms with Gasteiger partial charge in [-0.3, -0.25) is 4.90 Å². The number of esters is 1. The summed E-state index contributed by atoms with van der Waals surface area (Å²) in [5.74, 6) is -0.746. The van der Waals surface area contributed by atoms with Gasteiger partial charge in [0.25, 0.3) is 10.0 Å². The number of ether oxygens (including phenoxy) is 1. The molecule has 1 aromatic heterocycles. The normalized spacial score (nSPS) is 17.8. The van der Waals surface area contributed by atoms with Crippen molar-refractivity contribution < 1.29 is 17.9 Å². The highest BCUT2D eigenvalue weighted by Gasteiger charge is 2.27. The Kier molecular flexibility index (Phi) is 5.31. The average molecular weight is 333 g/mol. The maximum atomic E-state index is 12.3. The van der Waals surface area contributed by atoms with Crippen LogP contribution in [0.1, 0.15) is 30.3 Å². The van der Waals surface area contributed by atoms with Crippen molar-refractivity contribution in [2.24, 2.45) is 0 Å². The Balaban J connectivity index is 2.05. The van der Waals surface area contributed by atoms with E-state index in [1.54, 1.807) is 0 Å². The van der Waals surface area contributed by atoms with Crippen molar-refractivity contribution in [3.8, 4) is 0 Å². The number of hydrogen-bond donors (Lipinski definition) is 1. The first-order valence-electron chi connectivity index (χ1n) is 6.71. The monoisotopic (exact) mass is 333 g/mol. The molecule has 0 radical (unpaired) electrons. The van der Waals surface area contributed by atoms with Gasteiger partial charge in [0.1, 0.15) is 0 Å². The second kappa shape index (κ2) is 6.82. The molecule has 1 fully saturated rings. The number of carbonyl (C=O) groups excluding carboxylic acids is 1. The van der Waals surface area contributed by atoms with E-state index >= 15 is 0 Å². The van der Waals surface area contributed by atoms with E-state index in [0.29, 0.717) is 6.54 Å². The van der Waals surface area contributed by atoms with Crippen molar-refractivity contribution in [1.29, 1.82) is 0 Å². The fraction of sp³-hybridized carbons (Fsp3) is 0.667. The van der Waals surface area contributed by atoms with Crippen molar-refractivity contribution in [2.75, 3.05) is 26.7 Å². The van der Waals surface area contributed by atoms with Gasteiger partial charge in [-0.25, -0.2) is 22.9 Å². The summed E-state index contributed by atoms with van der Waals surface area (Å²) >= 11 is 0.908. The highest BCUT2D eigenvalue weighted by atomic mass is 32.2. The fourth-order valence-electron chi connectivity index (χ4n) is 2.27. The van der Waals surface area contributed by atoms with Gasteiger partial charge in [-0.2, -0.15) is 0 Å². The number of aromatic nitrogens is 1. The summed E-state index contributed by atoms with van der Waals surface area (Å²) in [4.78, 5) is 17.5. The van der Waals surface area contributed by atoms with Crippen LogP contribution in [-0.2, 0) is 14.8 Å². The van der Waals surface area contributed by atoms with Gasteiger partial charge in [-0.1, -0.05) is 0 Å². The first kappa shape index (κ1) is 16.3. The van der Waals surface area contributed by atoms with Crippen LogP contribution in [0.5, 0.6) is 0 Å². The fourth-order valence-corrected chi connectivity index (χ4v) is 4.56. The van der Waals surface area contributed by atoms with E-state index in [1.165, 1.54) is 12.6 Å². The van der Waals surface area contributed by atoms with Crippen LogP contribution >= 0.6 is 11.3 Å². The summed E-state index contributed by atoms with van der Waals surface area (Å²) in [5.41, 5.74) is 1.16. The number of nitrogens with zero attached hydrogens (tertiary/aromatic N) is 2. The number of sulfonamides is 1. The van der Waals surface area contributed by atoms with Gasteiger partial charge < -0.3 is 4.74 Å². The average Bonchev–Trinajstić information content (AvgIpc) is 3.14. The minimum Gasteiger partial charge on any atom is -0.464 e. The number of carbonyl (C=O) groups is 1. The topological polar surface area (TPSA) is 88.6 Å². The molecule has 1 aromatic rings.